The molecule has 0 amide bonds. The van der Waals surface area contributed by atoms with Crippen LogP contribution in [0.15, 0.2) is 6.33 Å². The van der Waals surface area contributed by atoms with Gasteiger partial charge in [-0.25, -0.2) is 4.98 Å². The van der Waals surface area contributed by atoms with Gasteiger partial charge in [0.05, 0.1) is 0 Å². The van der Waals surface area contributed by atoms with E-state index in [-0.39, 0.29) is 0 Å². The Morgan fingerprint density at radius 1 is 1.62 bits per heavy atom. The third-order valence-electron chi connectivity index (χ3n) is 2.22. The Morgan fingerprint density at radius 3 is 2.92 bits per heavy atom. The van der Waals surface area contributed by atoms with Crippen molar-refractivity contribution in [2.24, 2.45) is 13.0 Å². The highest BCUT2D eigenvalue weighted by Gasteiger charge is 2.06. The van der Waals surface area contributed by atoms with E-state index >= 15 is 0 Å². The summed E-state index contributed by atoms with van der Waals surface area (Å²) >= 11 is 0. The van der Waals surface area contributed by atoms with E-state index in [0.717, 1.165) is 18.8 Å². The normalized spacial score (nSPS) is 13.2. The van der Waals surface area contributed by atoms with Crippen LogP contribution in [0.3, 0.4) is 0 Å². The third-order valence-corrected chi connectivity index (χ3v) is 2.22. The first-order valence-corrected chi connectivity index (χ1v) is 4.71. The fourth-order valence-electron chi connectivity index (χ4n) is 1.31. The summed E-state index contributed by atoms with van der Waals surface area (Å²) in [5.41, 5.74) is 0. The van der Waals surface area contributed by atoms with Crippen molar-refractivity contribution in [2.45, 2.75) is 19.8 Å². The molecule has 0 aliphatic heterocycles. The van der Waals surface area contributed by atoms with Crippen molar-refractivity contribution in [3.63, 3.8) is 0 Å². The van der Waals surface area contributed by atoms with Crippen LogP contribution in [0, 0.1) is 5.92 Å². The third kappa shape index (κ3) is 3.14. The molecule has 1 heterocycles. The van der Waals surface area contributed by atoms with E-state index in [1.54, 1.807) is 6.33 Å². The molecule has 0 bridgehead atoms. The van der Waals surface area contributed by atoms with Gasteiger partial charge >= 0.3 is 0 Å². The maximum Gasteiger partial charge on any atom is 0.138 e. The van der Waals surface area contributed by atoms with Crippen LogP contribution in [0.4, 0.5) is 0 Å². The van der Waals surface area contributed by atoms with E-state index in [0.29, 0.717) is 5.92 Å². The second kappa shape index (κ2) is 4.97. The number of rotatable bonds is 5. The number of aryl methyl sites for hydroxylation is 1. The van der Waals surface area contributed by atoms with Gasteiger partial charge in [0.25, 0.3) is 0 Å². The smallest absolute Gasteiger partial charge is 0.138 e. The molecule has 74 valence electrons. The molecule has 0 fully saturated rings. The van der Waals surface area contributed by atoms with Crippen molar-refractivity contribution < 1.29 is 0 Å². The van der Waals surface area contributed by atoms with Crippen molar-refractivity contribution in [1.82, 2.24) is 20.1 Å². The lowest BCUT2D eigenvalue weighted by atomic mass is 10.0. The molecule has 0 aliphatic carbocycles. The Bertz CT molecular complexity index is 244. The van der Waals surface area contributed by atoms with Crippen molar-refractivity contribution >= 4 is 0 Å². The van der Waals surface area contributed by atoms with Crippen molar-refractivity contribution in [1.29, 1.82) is 0 Å². The molecule has 0 aliphatic rings. The lowest BCUT2D eigenvalue weighted by Gasteiger charge is -2.09. The molecule has 0 aromatic carbocycles. The van der Waals surface area contributed by atoms with Gasteiger partial charge < -0.3 is 5.32 Å². The minimum absolute atomic E-state index is 0.662. The molecule has 1 rings (SSSR count). The van der Waals surface area contributed by atoms with Gasteiger partial charge in [-0.2, -0.15) is 5.10 Å². The van der Waals surface area contributed by atoms with Crippen LogP contribution in [0.25, 0.3) is 0 Å². The van der Waals surface area contributed by atoms with E-state index in [4.69, 9.17) is 0 Å². The average Bonchev–Trinajstić information content (AvgIpc) is 2.48. The Kier molecular flexibility index (Phi) is 3.89. The number of aromatic nitrogens is 3. The Hall–Kier alpha value is -0.900. The zero-order valence-electron chi connectivity index (χ0n) is 8.62. The predicted octanol–water partition coefficient (Wildman–Crippen LogP) is 0.603. The Morgan fingerprint density at radius 2 is 2.38 bits per heavy atom. The lowest BCUT2D eigenvalue weighted by Crippen LogP contribution is -2.14. The van der Waals surface area contributed by atoms with Crippen LogP contribution >= 0.6 is 0 Å². The summed E-state index contributed by atoms with van der Waals surface area (Å²) in [6.07, 6.45) is 3.81. The molecule has 0 spiro atoms. The summed E-state index contributed by atoms with van der Waals surface area (Å²) in [5, 5.41) is 7.19. The molecule has 1 N–H and O–H groups in total. The first-order chi connectivity index (χ1) is 6.24. The molecule has 0 radical (unpaired) electrons. The van der Waals surface area contributed by atoms with E-state index in [9.17, 15) is 0 Å². The number of nitrogens with zero attached hydrogens (tertiary/aromatic N) is 3. The van der Waals surface area contributed by atoms with E-state index < -0.39 is 0 Å². The largest absolute Gasteiger partial charge is 0.320 e. The highest BCUT2D eigenvalue weighted by atomic mass is 15.3. The molecule has 1 aromatic rings. The first-order valence-electron chi connectivity index (χ1n) is 4.71. The fraction of sp³-hybridized carbons (Fsp3) is 0.778. The van der Waals surface area contributed by atoms with Crippen LogP contribution in [-0.4, -0.2) is 28.4 Å². The summed E-state index contributed by atoms with van der Waals surface area (Å²) in [6, 6.07) is 0. The molecule has 4 nitrogen and oxygen atoms in total. The van der Waals surface area contributed by atoms with Gasteiger partial charge in [0.1, 0.15) is 12.2 Å². The predicted molar refractivity (Wildman–Crippen MR) is 52.4 cm³/mol. The summed E-state index contributed by atoms with van der Waals surface area (Å²) in [4.78, 5) is 4.20. The van der Waals surface area contributed by atoms with Gasteiger partial charge in [-0.15, -0.1) is 0 Å². The van der Waals surface area contributed by atoms with Gasteiger partial charge in [-0.3, -0.25) is 4.68 Å². The molecule has 0 saturated carbocycles. The maximum absolute atomic E-state index is 4.20. The summed E-state index contributed by atoms with van der Waals surface area (Å²) in [7, 11) is 3.92. The lowest BCUT2D eigenvalue weighted by molar-refractivity contribution is 0.491. The molecule has 1 aromatic heterocycles. The minimum Gasteiger partial charge on any atom is -0.320 e. The summed E-state index contributed by atoms with van der Waals surface area (Å²) in [5.74, 6) is 1.74. The van der Waals surface area contributed by atoms with Crippen molar-refractivity contribution in [2.75, 3.05) is 13.6 Å². The fourth-order valence-corrected chi connectivity index (χ4v) is 1.31. The Balaban J connectivity index is 2.36. The molecule has 1 unspecified atom stereocenters. The number of hydrogen-bond donors (Lipinski definition) is 1. The molecular weight excluding hydrogens is 164 g/mol. The summed E-state index contributed by atoms with van der Waals surface area (Å²) in [6.45, 7) is 3.31. The van der Waals surface area contributed by atoms with E-state index in [2.05, 4.69) is 22.3 Å². The SMILES string of the molecule is CNCCC(C)Cc1ncnn1C. The van der Waals surface area contributed by atoms with Crippen molar-refractivity contribution in [3.8, 4) is 0 Å². The average molecular weight is 182 g/mol. The molecule has 4 heteroatoms. The van der Waals surface area contributed by atoms with Gasteiger partial charge in [0, 0.05) is 13.5 Å². The second-order valence-electron chi connectivity index (χ2n) is 3.50. The molecule has 1 atom stereocenters. The van der Waals surface area contributed by atoms with Crippen LogP contribution in [0.2, 0.25) is 0 Å². The first kappa shape index (κ1) is 10.2. The quantitative estimate of drug-likeness (QED) is 0.725. The minimum atomic E-state index is 0.662. The van der Waals surface area contributed by atoms with Crippen LogP contribution < -0.4 is 5.32 Å². The monoisotopic (exact) mass is 182 g/mol. The highest BCUT2D eigenvalue weighted by molar-refractivity contribution is 4.85. The van der Waals surface area contributed by atoms with Gasteiger partial charge in [-0.05, 0) is 25.9 Å². The number of nitrogens with one attached hydrogen (secondary N) is 1. The van der Waals surface area contributed by atoms with Gasteiger partial charge in [-0.1, -0.05) is 6.92 Å². The Labute approximate surface area is 79.4 Å². The topological polar surface area (TPSA) is 42.7 Å². The van der Waals surface area contributed by atoms with E-state index in [1.165, 1.54) is 6.42 Å². The van der Waals surface area contributed by atoms with Crippen molar-refractivity contribution in [3.05, 3.63) is 12.2 Å². The molecule has 0 saturated heterocycles. The van der Waals surface area contributed by atoms with Crippen LogP contribution in [-0.2, 0) is 13.5 Å². The maximum atomic E-state index is 4.20. The van der Waals surface area contributed by atoms with Crippen LogP contribution in [0.5, 0.6) is 0 Å². The van der Waals surface area contributed by atoms with E-state index in [1.807, 2.05) is 18.8 Å². The van der Waals surface area contributed by atoms with Crippen LogP contribution in [0.1, 0.15) is 19.2 Å². The molecule has 13 heavy (non-hydrogen) atoms. The second-order valence-corrected chi connectivity index (χ2v) is 3.50. The summed E-state index contributed by atoms with van der Waals surface area (Å²) < 4.78 is 1.84. The standard InChI is InChI=1S/C9H18N4/c1-8(4-5-10-2)6-9-11-7-12-13(9)3/h7-8,10H,4-6H2,1-3H3. The van der Waals surface area contributed by atoms with Gasteiger partial charge in [0.15, 0.2) is 0 Å². The zero-order valence-corrected chi connectivity index (χ0v) is 8.62. The highest BCUT2D eigenvalue weighted by Crippen LogP contribution is 2.07. The van der Waals surface area contributed by atoms with Gasteiger partial charge in [0.2, 0.25) is 0 Å². The number of hydrogen-bond acceptors (Lipinski definition) is 3. The zero-order chi connectivity index (χ0) is 9.68. The molecular formula is C9H18N4.